The van der Waals surface area contributed by atoms with Gasteiger partial charge in [0.15, 0.2) is 0 Å². The highest BCUT2D eigenvalue weighted by molar-refractivity contribution is 5.32. The lowest BCUT2D eigenvalue weighted by molar-refractivity contribution is 0.0743. The van der Waals surface area contributed by atoms with E-state index in [4.69, 9.17) is 16.1 Å². The predicted molar refractivity (Wildman–Crippen MR) is 42.6 cm³/mol. The van der Waals surface area contributed by atoms with E-state index in [1.165, 1.54) is 0 Å². The second kappa shape index (κ2) is 3.57. The Balaban J connectivity index is 2.93. The molecule has 0 radical (unpaired) electrons. The van der Waals surface area contributed by atoms with Crippen molar-refractivity contribution in [3.63, 3.8) is 0 Å². The first-order chi connectivity index (χ1) is 5.70. The molecular formula is C8H12N2O2. The Morgan fingerprint density at radius 3 is 2.75 bits per heavy atom. The lowest BCUT2D eigenvalue weighted by Crippen LogP contribution is -2.31. The van der Waals surface area contributed by atoms with Crippen LogP contribution in [0.2, 0.25) is 0 Å². The van der Waals surface area contributed by atoms with Gasteiger partial charge in [-0.1, -0.05) is 0 Å². The molecule has 0 bridgehead atoms. The Morgan fingerprint density at radius 1 is 1.67 bits per heavy atom. The maximum absolute atomic E-state index is 9.39. The normalized spacial score (nSPS) is 30.1. The van der Waals surface area contributed by atoms with E-state index < -0.39 is 12.0 Å². The van der Waals surface area contributed by atoms with E-state index in [2.05, 4.69) is 0 Å². The van der Waals surface area contributed by atoms with Crippen molar-refractivity contribution in [3.05, 3.63) is 11.3 Å². The summed E-state index contributed by atoms with van der Waals surface area (Å²) in [5.74, 6) is -0.483. The van der Waals surface area contributed by atoms with Gasteiger partial charge in [0.2, 0.25) is 0 Å². The highest BCUT2D eigenvalue weighted by Crippen LogP contribution is 2.27. The molecule has 0 saturated carbocycles. The van der Waals surface area contributed by atoms with Gasteiger partial charge in [-0.25, -0.2) is 0 Å². The fraction of sp³-hybridized carbons (Fsp3) is 0.625. The van der Waals surface area contributed by atoms with E-state index in [0.29, 0.717) is 24.1 Å². The summed E-state index contributed by atoms with van der Waals surface area (Å²) in [5, 5.41) is 26.9. The maximum Gasteiger partial charge on any atom is 0.0970 e. The molecule has 0 aromatic carbocycles. The fourth-order valence-electron chi connectivity index (χ4n) is 1.44. The Hall–Kier alpha value is -1.05. The zero-order valence-corrected chi connectivity index (χ0v) is 6.70. The third kappa shape index (κ3) is 1.42. The summed E-state index contributed by atoms with van der Waals surface area (Å²) in [6.45, 7) is -0.218. The lowest BCUT2D eigenvalue weighted by Gasteiger charge is -2.26. The summed E-state index contributed by atoms with van der Waals surface area (Å²) in [6.07, 6.45) is 0.444. The van der Waals surface area contributed by atoms with E-state index in [1.807, 2.05) is 6.07 Å². The minimum atomic E-state index is -0.628. The number of nitrogens with zero attached hydrogens (tertiary/aromatic N) is 1. The summed E-state index contributed by atoms with van der Waals surface area (Å²) in [6, 6.07) is 1.92. The number of allylic oxidation sites excluding steroid dienone is 1. The van der Waals surface area contributed by atoms with Gasteiger partial charge >= 0.3 is 0 Å². The summed E-state index contributed by atoms with van der Waals surface area (Å²) < 4.78 is 0. The molecule has 0 aliphatic heterocycles. The van der Waals surface area contributed by atoms with Crippen LogP contribution >= 0.6 is 0 Å². The number of rotatable bonds is 1. The van der Waals surface area contributed by atoms with Gasteiger partial charge in [-0.3, -0.25) is 0 Å². The molecular weight excluding hydrogens is 156 g/mol. The van der Waals surface area contributed by atoms with Crippen molar-refractivity contribution in [2.45, 2.75) is 18.9 Å². The zero-order valence-electron chi connectivity index (χ0n) is 6.70. The second-order valence-corrected chi connectivity index (χ2v) is 2.95. The molecule has 0 aromatic heterocycles. The van der Waals surface area contributed by atoms with Crippen LogP contribution in [-0.2, 0) is 0 Å². The number of aliphatic hydroxyl groups is 2. The molecule has 0 amide bonds. The van der Waals surface area contributed by atoms with Crippen LogP contribution in [0, 0.1) is 17.2 Å². The van der Waals surface area contributed by atoms with Crippen molar-refractivity contribution in [1.82, 2.24) is 0 Å². The molecule has 1 aliphatic carbocycles. The first-order valence-corrected chi connectivity index (χ1v) is 3.88. The van der Waals surface area contributed by atoms with Gasteiger partial charge in [-0.15, -0.1) is 0 Å². The number of aliphatic hydroxyl groups excluding tert-OH is 2. The van der Waals surface area contributed by atoms with Gasteiger partial charge < -0.3 is 15.9 Å². The molecule has 0 heterocycles. The van der Waals surface area contributed by atoms with Crippen LogP contribution in [0.15, 0.2) is 11.3 Å². The molecule has 4 nitrogen and oxygen atoms in total. The van der Waals surface area contributed by atoms with E-state index >= 15 is 0 Å². The van der Waals surface area contributed by atoms with Crippen LogP contribution in [-0.4, -0.2) is 22.9 Å². The number of nitriles is 1. The zero-order chi connectivity index (χ0) is 9.14. The van der Waals surface area contributed by atoms with Crippen molar-refractivity contribution in [3.8, 4) is 6.07 Å². The number of hydrogen-bond donors (Lipinski definition) is 3. The molecule has 1 rings (SSSR count). The van der Waals surface area contributed by atoms with Gasteiger partial charge in [0.05, 0.1) is 24.4 Å². The van der Waals surface area contributed by atoms with Crippen LogP contribution in [0.25, 0.3) is 0 Å². The van der Waals surface area contributed by atoms with Crippen molar-refractivity contribution < 1.29 is 10.2 Å². The van der Waals surface area contributed by atoms with E-state index in [1.54, 1.807) is 0 Å². The molecule has 4 N–H and O–H groups in total. The quantitative estimate of drug-likeness (QED) is 0.491. The number of hydrogen-bond acceptors (Lipinski definition) is 4. The average molecular weight is 168 g/mol. The third-order valence-electron chi connectivity index (χ3n) is 2.21. The van der Waals surface area contributed by atoms with Crippen molar-refractivity contribution in [2.24, 2.45) is 11.7 Å². The predicted octanol–water partition coefficient (Wildman–Crippen LogP) is -0.514. The van der Waals surface area contributed by atoms with Gasteiger partial charge in [0, 0.05) is 11.6 Å². The molecule has 12 heavy (non-hydrogen) atoms. The minimum absolute atomic E-state index is 0.218. The Kier molecular flexibility index (Phi) is 2.69. The molecule has 2 unspecified atom stereocenters. The van der Waals surface area contributed by atoms with Crippen molar-refractivity contribution in [1.29, 1.82) is 5.26 Å². The van der Waals surface area contributed by atoms with Crippen LogP contribution in [0.4, 0.5) is 0 Å². The fourth-order valence-corrected chi connectivity index (χ4v) is 1.44. The molecule has 1 aliphatic rings. The Bertz CT molecular complexity index is 242. The van der Waals surface area contributed by atoms with Gasteiger partial charge in [-0.2, -0.15) is 5.26 Å². The van der Waals surface area contributed by atoms with E-state index in [9.17, 15) is 5.11 Å². The van der Waals surface area contributed by atoms with Crippen molar-refractivity contribution >= 4 is 0 Å². The Labute approximate surface area is 70.9 Å². The Morgan fingerprint density at radius 2 is 2.33 bits per heavy atom. The van der Waals surface area contributed by atoms with Gasteiger partial charge in [0.1, 0.15) is 0 Å². The summed E-state index contributed by atoms with van der Waals surface area (Å²) in [5.41, 5.74) is 6.40. The van der Waals surface area contributed by atoms with E-state index in [-0.39, 0.29) is 6.61 Å². The third-order valence-corrected chi connectivity index (χ3v) is 2.21. The molecule has 4 heteroatoms. The average Bonchev–Trinajstić information content (AvgIpc) is 2.08. The number of nitrogens with two attached hydrogens (primary N) is 1. The van der Waals surface area contributed by atoms with Crippen LogP contribution in [0.1, 0.15) is 12.8 Å². The standard InChI is InChI=1S/C8H12N2O2/c9-3-5-6(4-11)8(12)2-1-7(5)10/h6,8,11-12H,1-2,4,10H2. The molecule has 0 aromatic rings. The molecule has 0 saturated heterocycles. The largest absolute Gasteiger partial charge is 0.401 e. The molecule has 66 valence electrons. The summed E-state index contributed by atoms with van der Waals surface area (Å²) in [4.78, 5) is 0. The van der Waals surface area contributed by atoms with Gasteiger partial charge in [-0.05, 0) is 12.8 Å². The van der Waals surface area contributed by atoms with Crippen LogP contribution in [0.5, 0.6) is 0 Å². The smallest absolute Gasteiger partial charge is 0.0970 e. The van der Waals surface area contributed by atoms with E-state index in [0.717, 1.165) is 0 Å². The molecule has 0 fully saturated rings. The monoisotopic (exact) mass is 168 g/mol. The SMILES string of the molecule is N#CC1=C(N)CCC(O)C1CO. The minimum Gasteiger partial charge on any atom is -0.401 e. The first-order valence-electron chi connectivity index (χ1n) is 3.88. The second-order valence-electron chi connectivity index (χ2n) is 2.95. The topological polar surface area (TPSA) is 90.3 Å². The van der Waals surface area contributed by atoms with Gasteiger partial charge in [0.25, 0.3) is 0 Å². The van der Waals surface area contributed by atoms with Crippen LogP contribution < -0.4 is 5.73 Å². The molecule has 0 spiro atoms. The lowest BCUT2D eigenvalue weighted by atomic mass is 9.84. The first kappa shape index (κ1) is 9.04. The summed E-state index contributed by atoms with van der Waals surface area (Å²) >= 11 is 0. The highest BCUT2D eigenvalue weighted by atomic mass is 16.3. The summed E-state index contributed by atoms with van der Waals surface area (Å²) in [7, 11) is 0. The highest BCUT2D eigenvalue weighted by Gasteiger charge is 2.28. The van der Waals surface area contributed by atoms with Crippen LogP contribution in [0.3, 0.4) is 0 Å². The maximum atomic E-state index is 9.39. The van der Waals surface area contributed by atoms with Crippen molar-refractivity contribution in [2.75, 3.05) is 6.61 Å². The molecule has 2 atom stereocenters.